The molecule has 1 aromatic carbocycles. The lowest BCUT2D eigenvalue weighted by molar-refractivity contribution is 0.0775. The van der Waals surface area contributed by atoms with E-state index in [1.807, 2.05) is 23.1 Å². The van der Waals surface area contributed by atoms with Crippen molar-refractivity contribution < 1.29 is 9.53 Å². The van der Waals surface area contributed by atoms with Crippen molar-refractivity contribution >= 4 is 16.8 Å². The van der Waals surface area contributed by atoms with E-state index in [0.717, 1.165) is 42.6 Å². The number of nitrogens with one attached hydrogen (secondary N) is 1. The zero-order chi connectivity index (χ0) is 13.2. The molecule has 2 aromatic rings. The Hall–Kier alpha value is -1.88. The Morgan fingerprint density at radius 1 is 1.58 bits per heavy atom. The van der Waals surface area contributed by atoms with Crippen molar-refractivity contribution in [2.45, 2.75) is 6.42 Å². The SMILES string of the molecule is COCC1CCN(C(=O)c2ccc3cn[nH]c3c2)C1. The molecule has 3 rings (SSSR count). The molecule has 0 saturated carbocycles. The van der Waals surface area contributed by atoms with Gasteiger partial charge in [0.15, 0.2) is 0 Å². The van der Waals surface area contributed by atoms with Gasteiger partial charge in [-0.3, -0.25) is 9.89 Å². The summed E-state index contributed by atoms with van der Waals surface area (Å²) in [6.07, 6.45) is 2.78. The first-order valence-corrected chi connectivity index (χ1v) is 6.49. The van der Waals surface area contributed by atoms with Crippen LogP contribution >= 0.6 is 0 Å². The molecule has 1 saturated heterocycles. The highest BCUT2D eigenvalue weighted by molar-refractivity contribution is 5.97. The van der Waals surface area contributed by atoms with Gasteiger partial charge in [0, 0.05) is 37.1 Å². The highest BCUT2D eigenvalue weighted by Crippen LogP contribution is 2.20. The van der Waals surface area contributed by atoms with Crippen LogP contribution in [0, 0.1) is 5.92 Å². The maximum atomic E-state index is 12.4. The lowest BCUT2D eigenvalue weighted by Gasteiger charge is -2.16. The fraction of sp³-hybridized carbons (Fsp3) is 0.429. The molecule has 0 spiro atoms. The lowest BCUT2D eigenvalue weighted by Crippen LogP contribution is -2.29. The molecule has 0 bridgehead atoms. The number of hydrogen-bond donors (Lipinski definition) is 1. The molecule has 19 heavy (non-hydrogen) atoms. The second kappa shape index (κ2) is 5.01. The van der Waals surface area contributed by atoms with Gasteiger partial charge < -0.3 is 9.64 Å². The van der Waals surface area contributed by atoms with Crippen LogP contribution in [0.25, 0.3) is 10.9 Å². The Labute approximate surface area is 111 Å². The van der Waals surface area contributed by atoms with Crippen molar-refractivity contribution in [1.29, 1.82) is 0 Å². The normalized spacial score (nSPS) is 19.2. The molecule has 1 atom stereocenters. The predicted molar refractivity (Wildman–Crippen MR) is 72.0 cm³/mol. The van der Waals surface area contributed by atoms with E-state index in [1.165, 1.54) is 0 Å². The minimum atomic E-state index is 0.0927. The molecular weight excluding hydrogens is 242 g/mol. The van der Waals surface area contributed by atoms with Crippen LogP contribution in [-0.4, -0.2) is 47.8 Å². The molecule has 1 fully saturated rings. The largest absolute Gasteiger partial charge is 0.384 e. The van der Waals surface area contributed by atoms with Gasteiger partial charge in [-0.25, -0.2) is 0 Å². The first kappa shape index (κ1) is 12.2. The van der Waals surface area contributed by atoms with E-state index < -0.39 is 0 Å². The van der Waals surface area contributed by atoms with Gasteiger partial charge >= 0.3 is 0 Å². The minimum Gasteiger partial charge on any atom is -0.384 e. The highest BCUT2D eigenvalue weighted by Gasteiger charge is 2.26. The van der Waals surface area contributed by atoms with Crippen LogP contribution in [0.4, 0.5) is 0 Å². The summed E-state index contributed by atoms with van der Waals surface area (Å²) in [6.45, 7) is 2.32. The van der Waals surface area contributed by atoms with E-state index in [9.17, 15) is 4.79 Å². The van der Waals surface area contributed by atoms with Gasteiger partial charge in [0.05, 0.1) is 18.3 Å². The quantitative estimate of drug-likeness (QED) is 0.912. The number of carbonyl (C=O) groups is 1. The van der Waals surface area contributed by atoms with Crippen molar-refractivity contribution in [2.24, 2.45) is 5.92 Å². The molecular formula is C14H17N3O2. The van der Waals surface area contributed by atoms with E-state index >= 15 is 0 Å². The summed E-state index contributed by atoms with van der Waals surface area (Å²) in [4.78, 5) is 14.3. The number of ether oxygens (including phenoxy) is 1. The van der Waals surface area contributed by atoms with Crippen LogP contribution in [0.5, 0.6) is 0 Å². The predicted octanol–water partition coefficient (Wildman–Crippen LogP) is 1.67. The van der Waals surface area contributed by atoms with Gasteiger partial charge in [0.1, 0.15) is 0 Å². The van der Waals surface area contributed by atoms with E-state index in [0.29, 0.717) is 5.92 Å². The van der Waals surface area contributed by atoms with Gasteiger partial charge in [-0.05, 0) is 18.6 Å². The third-order valence-electron chi connectivity index (χ3n) is 3.66. The van der Waals surface area contributed by atoms with Gasteiger partial charge in [-0.15, -0.1) is 0 Å². The smallest absolute Gasteiger partial charge is 0.253 e. The number of amides is 1. The zero-order valence-corrected chi connectivity index (χ0v) is 10.9. The Kier molecular flexibility index (Phi) is 3.21. The number of methoxy groups -OCH3 is 1. The first-order valence-electron chi connectivity index (χ1n) is 6.49. The number of benzene rings is 1. The van der Waals surface area contributed by atoms with E-state index in [2.05, 4.69) is 10.2 Å². The molecule has 1 aliphatic heterocycles. The average molecular weight is 259 g/mol. The first-order chi connectivity index (χ1) is 9.28. The lowest BCUT2D eigenvalue weighted by atomic mass is 10.1. The summed E-state index contributed by atoms with van der Waals surface area (Å²) in [5, 5.41) is 7.89. The molecule has 1 amide bonds. The second-order valence-corrected chi connectivity index (χ2v) is 5.03. The number of carbonyl (C=O) groups excluding carboxylic acids is 1. The van der Waals surface area contributed by atoms with Crippen LogP contribution in [0.2, 0.25) is 0 Å². The van der Waals surface area contributed by atoms with Crippen LogP contribution < -0.4 is 0 Å². The molecule has 5 heteroatoms. The summed E-state index contributed by atoms with van der Waals surface area (Å²) in [5.74, 6) is 0.555. The average Bonchev–Trinajstić information content (AvgIpc) is 3.05. The second-order valence-electron chi connectivity index (χ2n) is 5.03. The van der Waals surface area contributed by atoms with Crippen LogP contribution in [0.1, 0.15) is 16.8 Å². The van der Waals surface area contributed by atoms with Gasteiger partial charge in [-0.2, -0.15) is 5.10 Å². The Morgan fingerprint density at radius 3 is 3.32 bits per heavy atom. The molecule has 5 nitrogen and oxygen atoms in total. The molecule has 1 N–H and O–H groups in total. The van der Waals surface area contributed by atoms with Crippen LogP contribution in [0.3, 0.4) is 0 Å². The fourth-order valence-electron chi connectivity index (χ4n) is 2.64. The summed E-state index contributed by atoms with van der Waals surface area (Å²) in [7, 11) is 1.71. The third-order valence-corrected chi connectivity index (χ3v) is 3.66. The summed E-state index contributed by atoms with van der Waals surface area (Å²) in [5.41, 5.74) is 1.62. The molecule has 2 heterocycles. The summed E-state index contributed by atoms with van der Waals surface area (Å²) in [6, 6.07) is 5.66. The maximum absolute atomic E-state index is 12.4. The van der Waals surface area contributed by atoms with Crippen molar-refractivity contribution in [3.05, 3.63) is 30.0 Å². The van der Waals surface area contributed by atoms with E-state index in [-0.39, 0.29) is 5.91 Å². The maximum Gasteiger partial charge on any atom is 0.253 e. The van der Waals surface area contributed by atoms with Gasteiger partial charge in [0.2, 0.25) is 0 Å². The van der Waals surface area contributed by atoms with E-state index in [1.54, 1.807) is 13.3 Å². The molecule has 1 aliphatic rings. The van der Waals surface area contributed by atoms with Gasteiger partial charge in [-0.1, -0.05) is 6.07 Å². The number of hydrogen-bond acceptors (Lipinski definition) is 3. The Morgan fingerprint density at radius 2 is 2.47 bits per heavy atom. The number of H-pyrrole nitrogens is 1. The van der Waals surface area contributed by atoms with Crippen molar-refractivity contribution in [3.8, 4) is 0 Å². The van der Waals surface area contributed by atoms with Crippen LogP contribution in [-0.2, 0) is 4.74 Å². The Bertz CT molecular complexity index is 593. The molecule has 100 valence electrons. The number of aromatic amines is 1. The summed E-state index contributed by atoms with van der Waals surface area (Å²) < 4.78 is 5.16. The fourth-order valence-corrected chi connectivity index (χ4v) is 2.64. The number of fused-ring (bicyclic) bond motifs is 1. The van der Waals surface area contributed by atoms with Crippen molar-refractivity contribution in [3.63, 3.8) is 0 Å². The van der Waals surface area contributed by atoms with Crippen molar-refractivity contribution in [2.75, 3.05) is 26.8 Å². The molecule has 1 unspecified atom stereocenters. The highest BCUT2D eigenvalue weighted by atomic mass is 16.5. The molecule has 1 aromatic heterocycles. The van der Waals surface area contributed by atoms with E-state index in [4.69, 9.17) is 4.74 Å². The number of aromatic nitrogens is 2. The summed E-state index contributed by atoms with van der Waals surface area (Å²) >= 11 is 0. The van der Waals surface area contributed by atoms with Crippen LogP contribution in [0.15, 0.2) is 24.4 Å². The third kappa shape index (κ3) is 2.33. The number of likely N-dealkylation sites (tertiary alicyclic amines) is 1. The van der Waals surface area contributed by atoms with Crippen molar-refractivity contribution in [1.82, 2.24) is 15.1 Å². The van der Waals surface area contributed by atoms with Gasteiger partial charge in [0.25, 0.3) is 5.91 Å². The number of rotatable bonds is 3. The topological polar surface area (TPSA) is 58.2 Å². The molecule has 0 aliphatic carbocycles. The number of nitrogens with zero attached hydrogens (tertiary/aromatic N) is 2. The standard InChI is InChI=1S/C14H17N3O2/c1-19-9-10-4-5-17(8-10)14(18)11-2-3-12-7-15-16-13(12)6-11/h2-3,6-7,10H,4-5,8-9H2,1H3,(H,15,16). The Balaban J connectivity index is 1.76. The zero-order valence-electron chi connectivity index (χ0n) is 10.9. The molecule has 0 radical (unpaired) electrons. The monoisotopic (exact) mass is 259 g/mol. The minimum absolute atomic E-state index is 0.0927.